The maximum absolute atomic E-state index is 12.5. The highest BCUT2D eigenvalue weighted by atomic mass is 16.1. The molecule has 26 heavy (non-hydrogen) atoms. The van der Waals surface area contributed by atoms with Gasteiger partial charge in [-0.1, -0.05) is 0 Å². The van der Waals surface area contributed by atoms with Gasteiger partial charge in [-0.2, -0.15) is 0 Å². The third-order valence-electron chi connectivity index (χ3n) is 4.76. The number of imidazole rings is 1. The molecule has 0 spiro atoms. The van der Waals surface area contributed by atoms with Gasteiger partial charge in [0.05, 0.1) is 0 Å². The van der Waals surface area contributed by atoms with Crippen LogP contribution in [-0.4, -0.2) is 49.4 Å². The van der Waals surface area contributed by atoms with Crippen molar-refractivity contribution in [3.63, 3.8) is 0 Å². The zero-order valence-electron chi connectivity index (χ0n) is 14.6. The van der Waals surface area contributed by atoms with Crippen molar-refractivity contribution in [2.45, 2.75) is 18.9 Å². The minimum Gasteiger partial charge on any atom is -0.349 e. The zero-order chi connectivity index (χ0) is 17.9. The minimum absolute atomic E-state index is 0.0317. The predicted molar refractivity (Wildman–Crippen MR) is 97.3 cm³/mol. The normalized spacial score (nSPS) is 15.2. The molecule has 1 aliphatic heterocycles. The molecule has 0 radical (unpaired) electrons. The van der Waals surface area contributed by atoms with E-state index in [2.05, 4.69) is 25.4 Å². The number of nitrogens with zero attached hydrogens (tertiary/aromatic N) is 6. The fraction of sp³-hybridized carbons (Fsp3) is 0.333. The molecule has 8 nitrogen and oxygen atoms in total. The Hall–Kier alpha value is -3.16. The van der Waals surface area contributed by atoms with Crippen LogP contribution in [0.2, 0.25) is 0 Å². The lowest BCUT2D eigenvalue weighted by atomic mass is 10.0. The van der Waals surface area contributed by atoms with Crippen molar-refractivity contribution in [1.82, 2.24) is 29.6 Å². The molecule has 2 aromatic heterocycles. The number of hydrogen-bond acceptors (Lipinski definition) is 5. The molecule has 8 heteroatoms. The van der Waals surface area contributed by atoms with E-state index in [0.717, 1.165) is 37.6 Å². The number of aromatic nitrogens is 5. The smallest absolute Gasteiger partial charge is 0.251 e. The molecule has 0 bridgehead atoms. The molecule has 0 atom stereocenters. The van der Waals surface area contributed by atoms with Crippen molar-refractivity contribution in [3.05, 3.63) is 54.9 Å². The first-order valence-corrected chi connectivity index (χ1v) is 8.69. The fourth-order valence-corrected chi connectivity index (χ4v) is 3.27. The number of carbonyl (C=O) groups is 1. The Labute approximate surface area is 151 Å². The Bertz CT molecular complexity index is 861. The van der Waals surface area contributed by atoms with Crippen molar-refractivity contribution < 1.29 is 4.79 Å². The van der Waals surface area contributed by atoms with E-state index in [1.807, 2.05) is 48.3 Å². The SMILES string of the molecule is Cn1ccnc1N1CCC(NC(=O)c2ccc(-n3cnnc3)cc2)CC1. The van der Waals surface area contributed by atoms with Crippen molar-refractivity contribution in [3.8, 4) is 5.69 Å². The van der Waals surface area contributed by atoms with Gasteiger partial charge in [0.1, 0.15) is 12.7 Å². The van der Waals surface area contributed by atoms with Gasteiger partial charge in [0.25, 0.3) is 5.91 Å². The van der Waals surface area contributed by atoms with Gasteiger partial charge in [-0.15, -0.1) is 10.2 Å². The zero-order valence-corrected chi connectivity index (χ0v) is 14.6. The van der Waals surface area contributed by atoms with Gasteiger partial charge in [0, 0.05) is 49.8 Å². The molecule has 134 valence electrons. The van der Waals surface area contributed by atoms with Crippen molar-refractivity contribution in [2.24, 2.45) is 7.05 Å². The van der Waals surface area contributed by atoms with Crippen LogP contribution in [-0.2, 0) is 7.05 Å². The number of carbonyl (C=O) groups excluding carboxylic acids is 1. The lowest BCUT2D eigenvalue weighted by molar-refractivity contribution is 0.0931. The highest BCUT2D eigenvalue weighted by Gasteiger charge is 2.23. The molecule has 1 N–H and O–H groups in total. The van der Waals surface area contributed by atoms with Crippen LogP contribution in [0.1, 0.15) is 23.2 Å². The van der Waals surface area contributed by atoms with Crippen LogP contribution in [0.3, 0.4) is 0 Å². The Kier molecular flexibility index (Phi) is 4.39. The number of aryl methyl sites for hydroxylation is 1. The van der Waals surface area contributed by atoms with E-state index < -0.39 is 0 Å². The summed E-state index contributed by atoms with van der Waals surface area (Å²) < 4.78 is 3.82. The Morgan fingerprint density at radius 2 is 1.81 bits per heavy atom. The number of piperidine rings is 1. The standard InChI is InChI=1S/C18H21N7O/c1-23-11-8-19-18(23)24-9-6-15(7-10-24)22-17(26)14-2-4-16(5-3-14)25-12-20-21-13-25/h2-5,8,11-13,15H,6-7,9-10H2,1H3,(H,22,26). The summed E-state index contributed by atoms with van der Waals surface area (Å²) in [5.74, 6) is 0.954. The molecule has 0 unspecified atom stereocenters. The summed E-state index contributed by atoms with van der Waals surface area (Å²) in [5.41, 5.74) is 1.59. The Balaban J connectivity index is 1.33. The Morgan fingerprint density at radius 1 is 1.12 bits per heavy atom. The van der Waals surface area contributed by atoms with E-state index in [-0.39, 0.29) is 11.9 Å². The van der Waals surface area contributed by atoms with Crippen molar-refractivity contribution >= 4 is 11.9 Å². The predicted octanol–water partition coefficient (Wildman–Crippen LogP) is 1.40. The summed E-state index contributed by atoms with van der Waals surface area (Å²) >= 11 is 0. The van der Waals surface area contributed by atoms with Gasteiger partial charge in [-0.25, -0.2) is 4.98 Å². The first-order valence-electron chi connectivity index (χ1n) is 8.69. The second-order valence-electron chi connectivity index (χ2n) is 6.49. The van der Waals surface area contributed by atoms with E-state index in [0.29, 0.717) is 5.56 Å². The summed E-state index contributed by atoms with van der Waals surface area (Å²) in [7, 11) is 2.00. The molecule has 1 saturated heterocycles. The summed E-state index contributed by atoms with van der Waals surface area (Å²) in [6.07, 6.45) is 8.85. The summed E-state index contributed by atoms with van der Waals surface area (Å²) in [4.78, 5) is 19.2. The molecular weight excluding hydrogens is 330 g/mol. The summed E-state index contributed by atoms with van der Waals surface area (Å²) in [6.45, 7) is 1.78. The van der Waals surface area contributed by atoms with Crippen LogP contribution in [0.4, 0.5) is 5.95 Å². The first-order chi connectivity index (χ1) is 12.7. The van der Waals surface area contributed by atoms with E-state index in [1.54, 1.807) is 17.2 Å². The molecule has 0 saturated carbocycles. The van der Waals surface area contributed by atoms with E-state index in [1.165, 1.54) is 0 Å². The molecular formula is C18H21N7O. The van der Waals surface area contributed by atoms with Gasteiger partial charge >= 0.3 is 0 Å². The lowest BCUT2D eigenvalue weighted by Gasteiger charge is -2.33. The third kappa shape index (κ3) is 3.30. The van der Waals surface area contributed by atoms with Crippen LogP contribution in [0, 0.1) is 0 Å². The maximum atomic E-state index is 12.5. The molecule has 3 aromatic rings. The quantitative estimate of drug-likeness (QED) is 0.768. The minimum atomic E-state index is -0.0317. The lowest BCUT2D eigenvalue weighted by Crippen LogP contribution is -2.45. The molecule has 1 aromatic carbocycles. The average Bonchev–Trinajstić information content (AvgIpc) is 3.34. The number of benzene rings is 1. The number of anilines is 1. The van der Waals surface area contributed by atoms with Crippen LogP contribution < -0.4 is 10.2 Å². The Morgan fingerprint density at radius 3 is 2.42 bits per heavy atom. The van der Waals surface area contributed by atoms with Crippen molar-refractivity contribution in [1.29, 1.82) is 0 Å². The molecule has 3 heterocycles. The van der Waals surface area contributed by atoms with Gasteiger partial charge in [0.15, 0.2) is 0 Å². The number of amides is 1. The molecule has 0 aliphatic carbocycles. The number of rotatable bonds is 4. The fourth-order valence-electron chi connectivity index (χ4n) is 3.27. The second-order valence-corrected chi connectivity index (χ2v) is 6.49. The van der Waals surface area contributed by atoms with E-state index in [4.69, 9.17) is 0 Å². The van der Waals surface area contributed by atoms with Gasteiger partial charge in [-0.3, -0.25) is 9.36 Å². The molecule has 4 rings (SSSR count). The van der Waals surface area contributed by atoms with Gasteiger partial charge < -0.3 is 14.8 Å². The van der Waals surface area contributed by atoms with E-state index in [9.17, 15) is 4.79 Å². The number of hydrogen-bond donors (Lipinski definition) is 1. The van der Waals surface area contributed by atoms with Crippen molar-refractivity contribution in [2.75, 3.05) is 18.0 Å². The van der Waals surface area contributed by atoms with Crippen LogP contribution in [0.5, 0.6) is 0 Å². The highest BCUT2D eigenvalue weighted by Crippen LogP contribution is 2.18. The van der Waals surface area contributed by atoms with Crippen LogP contribution in [0.25, 0.3) is 5.69 Å². The maximum Gasteiger partial charge on any atom is 0.251 e. The van der Waals surface area contributed by atoms with Crippen LogP contribution >= 0.6 is 0 Å². The second kappa shape index (κ2) is 6.99. The van der Waals surface area contributed by atoms with Gasteiger partial charge in [-0.05, 0) is 37.1 Å². The first kappa shape index (κ1) is 16.3. The molecule has 1 aliphatic rings. The van der Waals surface area contributed by atoms with Crippen LogP contribution in [0.15, 0.2) is 49.3 Å². The molecule has 1 amide bonds. The largest absolute Gasteiger partial charge is 0.349 e. The van der Waals surface area contributed by atoms with Gasteiger partial charge in [0.2, 0.25) is 5.95 Å². The highest BCUT2D eigenvalue weighted by molar-refractivity contribution is 5.94. The third-order valence-corrected chi connectivity index (χ3v) is 4.76. The molecule has 1 fully saturated rings. The topological polar surface area (TPSA) is 80.9 Å². The average molecular weight is 351 g/mol. The van der Waals surface area contributed by atoms with E-state index >= 15 is 0 Å². The summed E-state index contributed by atoms with van der Waals surface area (Å²) in [5, 5.41) is 10.7. The monoisotopic (exact) mass is 351 g/mol. The number of nitrogens with one attached hydrogen (secondary N) is 1. The summed E-state index contributed by atoms with van der Waals surface area (Å²) in [6, 6.07) is 7.63.